The van der Waals surface area contributed by atoms with Gasteiger partial charge < -0.3 is 0 Å². The van der Waals surface area contributed by atoms with Crippen LogP contribution in [-0.2, 0) is 6.42 Å². The van der Waals surface area contributed by atoms with Crippen LogP contribution in [0.1, 0.15) is 24.5 Å². The molecule has 24 heavy (non-hydrogen) atoms. The lowest BCUT2D eigenvalue weighted by atomic mass is 9.98. The van der Waals surface area contributed by atoms with Gasteiger partial charge in [0.25, 0.3) is 0 Å². The van der Waals surface area contributed by atoms with E-state index in [9.17, 15) is 8.78 Å². The van der Waals surface area contributed by atoms with Crippen LogP contribution in [-0.4, -0.2) is 0 Å². The van der Waals surface area contributed by atoms with Crippen molar-refractivity contribution in [2.45, 2.75) is 26.7 Å². The predicted molar refractivity (Wildman–Crippen MR) is 96.0 cm³/mol. The molecule has 0 aliphatic rings. The molecule has 3 aromatic rings. The van der Waals surface area contributed by atoms with E-state index in [-0.39, 0.29) is 0 Å². The van der Waals surface area contributed by atoms with Crippen LogP contribution in [0.4, 0.5) is 8.78 Å². The third kappa shape index (κ3) is 3.23. The van der Waals surface area contributed by atoms with Gasteiger partial charge in [-0.2, -0.15) is 0 Å². The van der Waals surface area contributed by atoms with Gasteiger partial charge in [0.1, 0.15) is 0 Å². The number of rotatable bonds is 4. The molecule has 0 amide bonds. The summed E-state index contributed by atoms with van der Waals surface area (Å²) in [7, 11) is 0. The summed E-state index contributed by atoms with van der Waals surface area (Å²) in [4.78, 5) is 0. The Morgan fingerprint density at radius 2 is 1.21 bits per heavy atom. The Hall–Kier alpha value is -2.48. The van der Waals surface area contributed by atoms with E-state index in [4.69, 9.17) is 0 Å². The monoisotopic (exact) mass is 322 g/mol. The minimum Gasteiger partial charge on any atom is -0.203 e. The second-order valence-electron chi connectivity index (χ2n) is 6.08. The summed E-state index contributed by atoms with van der Waals surface area (Å²) in [6.45, 7) is 3.73. The van der Waals surface area contributed by atoms with Gasteiger partial charge in [0.15, 0.2) is 11.6 Å². The van der Waals surface area contributed by atoms with E-state index in [1.165, 1.54) is 5.56 Å². The van der Waals surface area contributed by atoms with Crippen LogP contribution in [0.15, 0.2) is 60.7 Å². The molecule has 0 atom stereocenters. The van der Waals surface area contributed by atoms with Crippen LogP contribution < -0.4 is 0 Å². The molecule has 2 heteroatoms. The second kappa shape index (κ2) is 6.96. The van der Waals surface area contributed by atoms with Gasteiger partial charge in [-0.3, -0.25) is 0 Å². The summed E-state index contributed by atoms with van der Waals surface area (Å²) < 4.78 is 27.9. The first-order valence-corrected chi connectivity index (χ1v) is 8.24. The van der Waals surface area contributed by atoms with E-state index in [2.05, 4.69) is 31.2 Å². The Morgan fingerprint density at radius 1 is 0.667 bits per heavy atom. The second-order valence-corrected chi connectivity index (χ2v) is 6.08. The van der Waals surface area contributed by atoms with Gasteiger partial charge in [-0.1, -0.05) is 74.0 Å². The van der Waals surface area contributed by atoms with Gasteiger partial charge in [0, 0.05) is 5.56 Å². The first-order chi connectivity index (χ1) is 11.6. The lowest BCUT2D eigenvalue weighted by molar-refractivity contribution is 0.505. The smallest absolute Gasteiger partial charge is 0.166 e. The van der Waals surface area contributed by atoms with Crippen molar-refractivity contribution >= 4 is 0 Å². The SMILES string of the molecule is CCCc1ccc(-c2ccc(-c3ccc(C)c(F)c3F)cc2)cc1. The standard InChI is InChI=1S/C22H20F2/c1-3-4-16-6-8-17(9-7-16)18-10-12-19(13-11-18)20-14-5-15(2)21(23)22(20)24/h5-14H,3-4H2,1-2H3. The highest BCUT2D eigenvalue weighted by Crippen LogP contribution is 2.29. The predicted octanol–water partition coefficient (Wildman–Crippen LogP) is 6.56. The van der Waals surface area contributed by atoms with Crippen LogP contribution in [0, 0.1) is 18.6 Å². The van der Waals surface area contributed by atoms with Crippen molar-refractivity contribution in [1.29, 1.82) is 0 Å². The summed E-state index contributed by atoms with van der Waals surface area (Å²) in [5, 5.41) is 0. The summed E-state index contributed by atoms with van der Waals surface area (Å²) in [5.74, 6) is -1.56. The maximum atomic E-state index is 14.1. The van der Waals surface area contributed by atoms with Crippen molar-refractivity contribution in [3.05, 3.63) is 83.4 Å². The van der Waals surface area contributed by atoms with Crippen LogP contribution in [0.2, 0.25) is 0 Å². The van der Waals surface area contributed by atoms with Crippen molar-refractivity contribution in [3.63, 3.8) is 0 Å². The fourth-order valence-electron chi connectivity index (χ4n) is 2.86. The Morgan fingerprint density at radius 3 is 1.79 bits per heavy atom. The molecule has 0 aliphatic carbocycles. The molecule has 3 aromatic carbocycles. The molecule has 0 N–H and O–H groups in total. The largest absolute Gasteiger partial charge is 0.203 e. The lowest BCUT2D eigenvalue weighted by Gasteiger charge is -2.08. The molecule has 0 aliphatic heterocycles. The Bertz CT molecular complexity index is 831. The van der Waals surface area contributed by atoms with E-state index >= 15 is 0 Å². The van der Waals surface area contributed by atoms with Gasteiger partial charge in [-0.05, 0) is 41.2 Å². The minimum absolute atomic E-state index is 0.294. The number of benzene rings is 3. The Kier molecular flexibility index (Phi) is 4.75. The van der Waals surface area contributed by atoms with Crippen LogP contribution in [0.5, 0.6) is 0 Å². The quantitative estimate of drug-likeness (QED) is 0.510. The first kappa shape index (κ1) is 16.4. The minimum atomic E-state index is -0.785. The highest BCUT2D eigenvalue weighted by molar-refractivity contribution is 5.71. The topological polar surface area (TPSA) is 0 Å². The van der Waals surface area contributed by atoms with E-state index in [0.29, 0.717) is 16.7 Å². The molecule has 0 saturated heterocycles. The fourth-order valence-corrected chi connectivity index (χ4v) is 2.86. The van der Waals surface area contributed by atoms with Gasteiger partial charge in [-0.25, -0.2) is 8.78 Å². The number of hydrogen-bond donors (Lipinski definition) is 0. The van der Waals surface area contributed by atoms with Gasteiger partial charge >= 0.3 is 0 Å². The molecule has 0 fully saturated rings. The van der Waals surface area contributed by atoms with E-state index < -0.39 is 11.6 Å². The molecule has 0 heterocycles. The highest BCUT2D eigenvalue weighted by atomic mass is 19.2. The molecule has 3 rings (SSSR count). The average Bonchev–Trinajstić information content (AvgIpc) is 2.61. The highest BCUT2D eigenvalue weighted by Gasteiger charge is 2.12. The summed E-state index contributed by atoms with van der Waals surface area (Å²) in [6, 6.07) is 19.3. The maximum absolute atomic E-state index is 14.1. The summed E-state index contributed by atoms with van der Waals surface area (Å²) in [6.07, 6.45) is 2.21. The van der Waals surface area contributed by atoms with Crippen molar-refractivity contribution < 1.29 is 8.78 Å². The van der Waals surface area contributed by atoms with Crippen LogP contribution in [0.3, 0.4) is 0 Å². The van der Waals surface area contributed by atoms with Crippen molar-refractivity contribution in [2.75, 3.05) is 0 Å². The van der Waals surface area contributed by atoms with Crippen molar-refractivity contribution in [1.82, 2.24) is 0 Å². The third-order valence-electron chi connectivity index (χ3n) is 4.30. The number of hydrogen-bond acceptors (Lipinski definition) is 0. The molecule has 0 radical (unpaired) electrons. The van der Waals surface area contributed by atoms with Gasteiger partial charge in [0.05, 0.1) is 0 Å². The van der Waals surface area contributed by atoms with Gasteiger partial charge in [-0.15, -0.1) is 0 Å². The zero-order valence-electron chi connectivity index (χ0n) is 13.9. The van der Waals surface area contributed by atoms with E-state index in [0.717, 1.165) is 24.0 Å². The zero-order valence-corrected chi connectivity index (χ0v) is 13.9. The van der Waals surface area contributed by atoms with Crippen molar-refractivity contribution in [2.24, 2.45) is 0 Å². The summed E-state index contributed by atoms with van der Waals surface area (Å²) >= 11 is 0. The number of aryl methyl sites for hydroxylation is 2. The van der Waals surface area contributed by atoms with Crippen molar-refractivity contribution in [3.8, 4) is 22.3 Å². The molecule has 0 aromatic heterocycles. The van der Waals surface area contributed by atoms with Crippen LogP contribution >= 0.6 is 0 Å². The fraction of sp³-hybridized carbons (Fsp3) is 0.182. The van der Waals surface area contributed by atoms with Crippen LogP contribution in [0.25, 0.3) is 22.3 Å². The maximum Gasteiger partial charge on any atom is 0.166 e. The average molecular weight is 322 g/mol. The lowest BCUT2D eigenvalue weighted by Crippen LogP contribution is -1.93. The zero-order chi connectivity index (χ0) is 17.1. The van der Waals surface area contributed by atoms with E-state index in [1.807, 2.05) is 24.3 Å². The molecule has 0 unspecified atom stereocenters. The van der Waals surface area contributed by atoms with E-state index in [1.54, 1.807) is 19.1 Å². The normalized spacial score (nSPS) is 10.8. The van der Waals surface area contributed by atoms with Gasteiger partial charge in [0.2, 0.25) is 0 Å². The third-order valence-corrected chi connectivity index (χ3v) is 4.30. The molecular weight excluding hydrogens is 302 g/mol. The molecular formula is C22H20F2. The molecule has 0 nitrogen and oxygen atoms in total. The molecule has 0 spiro atoms. The molecule has 0 bridgehead atoms. The Balaban J connectivity index is 1.89. The Labute approximate surface area is 141 Å². The summed E-state index contributed by atoms with van der Waals surface area (Å²) in [5.41, 5.74) is 4.81. The first-order valence-electron chi connectivity index (χ1n) is 8.24. The number of halogens is 2. The molecule has 0 saturated carbocycles. The molecule has 122 valence electrons.